The van der Waals surface area contributed by atoms with Gasteiger partial charge in [-0.25, -0.2) is 0 Å². The van der Waals surface area contributed by atoms with Crippen LogP contribution in [-0.2, 0) is 10.2 Å². The highest BCUT2D eigenvalue weighted by Crippen LogP contribution is 2.36. The lowest BCUT2D eigenvalue weighted by atomic mass is 9.71. The number of piperidine rings is 1. The molecule has 1 aliphatic heterocycles. The number of nitrogens with one attached hydrogen (secondary N) is 1. The van der Waals surface area contributed by atoms with Crippen molar-refractivity contribution in [1.29, 1.82) is 0 Å². The summed E-state index contributed by atoms with van der Waals surface area (Å²) in [5.41, 5.74) is 2.56. The van der Waals surface area contributed by atoms with Crippen LogP contribution in [0.5, 0.6) is 0 Å². The molecule has 1 N–H and O–H groups in total. The van der Waals surface area contributed by atoms with Gasteiger partial charge < -0.3 is 10.2 Å². The van der Waals surface area contributed by atoms with Crippen LogP contribution in [0.15, 0.2) is 24.3 Å². The molecule has 0 aromatic heterocycles. The zero-order valence-electron chi connectivity index (χ0n) is 11.5. The van der Waals surface area contributed by atoms with E-state index < -0.39 is 0 Å². The second kappa shape index (κ2) is 5.11. The van der Waals surface area contributed by atoms with Gasteiger partial charge in [-0.2, -0.15) is 0 Å². The maximum absolute atomic E-state index is 12.1. The fourth-order valence-corrected chi connectivity index (χ4v) is 3.00. The molecule has 1 heterocycles. The number of benzene rings is 1. The van der Waals surface area contributed by atoms with Crippen LogP contribution >= 0.6 is 0 Å². The lowest BCUT2D eigenvalue weighted by Gasteiger charge is -2.41. The van der Waals surface area contributed by atoms with Gasteiger partial charge in [0.15, 0.2) is 0 Å². The van der Waals surface area contributed by atoms with E-state index in [-0.39, 0.29) is 11.3 Å². The van der Waals surface area contributed by atoms with Crippen molar-refractivity contribution in [3.8, 4) is 0 Å². The Kier molecular flexibility index (Phi) is 3.71. The first-order chi connectivity index (χ1) is 8.59. The third-order valence-electron chi connectivity index (χ3n) is 4.07. The van der Waals surface area contributed by atoms with Crippen LogP contribution in [0.25, 0.3) is 0 Å². The summed E-state index contributed by atoms with van der Waals surface area (Å²) in [5, 5.41) is 3.27. The largest absolute Gasteiger partial charge is 0.346 e. The van der Waals surface area contributed by atoms with E-state index in [9.17, 15) is 4.79 Å². The summed E-state index contributed by atoms with van der Waals surface area (Å²) in [6, 6.07) is 8.44. The molecular formula is C15H22N2O. The summed E-state index contributed by atoms with van der Waals surface area (Å²) in [4.78, 5) is 13.9. The molecule has 1 amide bonds. The van der Waals surface area contributed by atoms with E-state index >= 15 is 0 Å². The molecule has 0 saturated carbocycles. The molecule has 1 aromatic rings. The number of hydrogen-bond donors (Lipinski definition) is 1. The van der Waals surface area contributed by atoms with Crippen molar-refractivity contribution in [2.24, 2.45) is 0 Å². The summed E-state index contributed by atoms with van der Waals surface area (Å²) in [7, 11) is 3.85. The van der Waals surface area contributed by atoms with Crippen LogP contribution in [0.2, 0.25) is 0 Å². The lowest BCUT2D eigenvalue weighted by Crippen LogP contribution is -2.49. The van der Waals surface area contributed by atoms with E-state index in [0.29, 0.717) is 6.42 Å². The average molecular weight is 246 g/mol. The van der Waals surface area contributed by atoms with Gasteiger partial charge in [0, 0.05) is 32.0 Å². The highest BCUT2D eigenvalue weighted by Gasteiger charge is 2.39. The first kappa shape index (κ1) is 13.1. The Morgan fingerprint density at radius 1 is 1.39 bits per heavy atom. The van der Waals surface area contributed by atoms with Gasteiger partial charge in [-0.05, 0) is 31.5 Å². The molecule has 0 bridgehead atoms. The molecule has 1 unspecified atom stereocenters. The fraction of sp³-hybridized carbons (Fsp3) is 0.533. The first-order valence-electron chi connectivity index (χ1n) is 6.54. The first-order valence-corrected chi connectivity index (χ1v) is 6.54. The Labute approximate surface area is 109 Å². The van der Waals surface area contributed by atoms with Crippen LogP contribution < -0.4 is 5.32 Å². The lowest BCUT2D eigenvalue weighted by molar-refractivity contribution is -0.134. The van der Waals surface area contributed by atoms with Crippen molar-refractivity contribution >= 4 is 5.91 Å². The summed E-state index contributed by atoms with van der Waals surface area (Å²) in [5.74, 6) is 0.250. The van der Waals surface area contributed by atoms with Crippen LogP contribution in [-0.4, -0.2) is 38.0 Å². The van der Waals surface area contributed by atoms with Gasteiger partial charge in [-0.1, -0.05) is 24.3 Å². The normalized spacial score (nSPS) is 24.4. The number of nitrogens with zero attached hydrogens (tertiary/aromatic N) is 1. The van der Waals surface area contributed by atoms with Crippen LogP contribution in [0.1, 0.15) is 24.0 Å². The molecule has 98 valence electrons. The standard InChI is InChI=1S/C15H22N2O/c1-12-6-4-5-7-13(12)15(11-16-2)8-9-17(3)14(18)10-15/h4-7,16H,8-11H2,1-3H3. The molecule has 18 heavy (non-hydrogen) atoms. The summed E-state index contributed by atoms with van der Waals surface area (Å²) >= 11 is 0. The minimum Gasteiger partial charge on any atom is -0.346 e. The Hall–Kier alpha value is -1.35. The summed E-state index contributed by atoms with van der Waals surface area (Å²) in [6.07, 6.45) is 1.64. The Bertz CT molecular complexity index is 444. The number of likely N-dealkylation sites (tertiary alicyclic amines) is 1. The minimum absolute atomic E-state index is 0.0380. The van der Waals surface area contributed by atoms with Gasteiger partial charge in [0.1, 0.15) is 0 Å². The fourth-order valence-electron chi connectivity index (χ4n) is 3.00. The molecule has 0 spiro atoms. The van der Waals surface area contributed by atoms with Gasteiger partial charge in [0.25, 0.3) is 0 Å². The van der Waals surface area contributed by atoms with Crippen molar-refractivity contribution < 1.29 is 4.79 Å². The number of aryl methyl sites for hydroxylation is 1. The van der Waals surface area contributed by atoms with Gasteiger partial charge in [0.2, 0.25) is 5.91 Å². The summed E-state index contributed by atoms with van der Waals surface area (Å²) in [6.45, 7) is 3.84. The quantitative estimate of drug-likeness (QED) is 0.880. The Morgan fingerprint density at radius 2 is 2.11 bits per heavy atom. The Morgan fingerprint density at radius 3 is 2.72 bits per heavy atom. The monoisotopic (exact) mass is 246 g/mol. The van der Waals surface area contributed by atoms with E-state index in [1.165, 1.54) is 11.1 Å². The molecule has 1 aliphatic rings. The maximum atomic E-state index is 12.1. The van der Waals surface area contributed by atoms with Crippen molar-refractivity contribution in [1.82, 2.24) is 10.2 Å². The number of hydrogen-bond acceptors (Lipinski definition) is 2. The van der Waals surface area contributed by atoms with Crippen molar-refractivity contribution in [2.75, 3.05) is 27.2 Å². The van der Waals surface area contributed by atoms with Gasteiger partial charge >= 0.3 is 0 Å². The molecule has 3 heteroatoms. The summed E-state index contributed by atoms with van der Waals surface area (Å²) < 4.78 is 0. The molecule has 0 radical (unpaired) electrons. The molecule has 0 aliphatic carbocycles. The maximum Gasteiger partial charge on any atom is 0.223 e. The molecule has 1 saturated heterocycles. The number of carbonyl (C=O) groups excluding carboxylic acids is 1. The van der Waals surface area contributed by atoms with Crippen molar-refractivity contribution in [3.63, 3.8) is 0 Å². The second-order valence-electron chi connectivity index (χ2n) is 5.37. The van der Waals surface area contributed by atoms with E-state index in [1.807, 2.05) is 19.0 Å². The van der Waals surface area contributed by atoms with Crippen LogP contribution in [0, 0.1) is 6.92 Å². The smallest absolute Gasteiger partial charge is 0.223 e. The minimum atomic E-state index is -0.0380. The molecule has 3 nitrogen and oxygen atoms in total. The number of amides is 1. The zero-order chi connectivity index (χ0) is 13.2. The van der Waals surface area contributed by atoms with Gasteiger partial charge in [-0.3, -0.25) is 4.79 Å². The molecule has 1 aromatic carbocycles. The third-order valence-corrected chi connectivity index (χ3v) is 4.07. The van der Waals surface area contributed by atoms with Crippen LogP contribution in [0.3, 0.4) is 0 Å². The predicted molar refractivity (Wildman–Crippen MR) is 73.7 cm³/mol. The Balaban J connectivity index is 2.39. The van der Waals surface area contributed by atoms with Crippen molar-refractivity contribution in [3.05, 3.63) is 35.4 Å². The zero-order valence-corrected chi connectivity index (χ0v) is 11.5. The van der Waals surface area contributed by atoms with Crippen molar-refractivity contribution in [2.45, 2.75) is 25.2 Å². The second-order valence-corrected chi connectivity index (χ2v) is 5.37. The van der Waals surface area contributed by atoms with E-state index in [2.05, 4.69) is 36.5 Å². The number of likely N-dealkylation sites (N-methyl/N-ethyl adjacent to an activating group) is 1. The van der Waals surface area contributed by atoms with E-state index in [0.717, 1.165) is 19.5 Å². The van der Waals surface area contributed by atoms with Gasteiger partial charge in [0.05, 0.1) is 0 Å². The number of carbonyl (C=O) groups is 1. The van der Waals surface area contributed by atoms with Gasteiger partial charge in [-0.15, -0.1) is 0 Å². The molecule has 2 rings (SSSR count). The topological polar surface area (TPSA) is 32.3 Å². The SMILES string of the molecule is CNCC1(c2ccccc2C)CCN(C)C(=O)C1. The van der Waals surface area contributed by atoms with E-state index in [1.54, 1.807) is 0 Å². The molecule has 1 fully saturated rings. The highest BCUT2D eigenvalue weighted by atomic mass is 16.2. The number of rotatable bonds is 3. The third kappa shape index (κ3) is 2.27. The predicted octanol–water partition coefficient (Wildman–Crippen LogP) is 1.70. The average Bonchev–Trinajstić information content (AvgIpc) is 2.35. The highest BCUT2D eigenvalue weighted by molar-refractivity contribution is 5.78. The molecular weight excluding hydrogens is 224 g/mol. The van der Waals surface area contributed by atoms with Crippen LogP contribution in [0.4, 0.5) is 0 Å². The molecule has 1 atom stereocenters. The van der Waals surface area contributed by atoms with E-state index in [4.69, 9.17) is 0 Å².